The van der Waals surface area contributed by atoms with Gasteiger partial charge in [0.1, 0.15) is 5.65 Å². The number of carbonyl (C=O) groups is 2. The molecule has 3 heterocycles. The molecular formula is C29H28N6O3. The number of esters is 1. The van der Waals surface area contributed by atoms with Gasteiger partial charge in [0, 0.05) is 60.2 Å². The van der Waals surface area contributed by atoms with Gasteiger partial charge in [0.25, 0.3) is 0 Å². The first-order valence-electron chi connectivity index (χ1n) is 12.0. The summed E-state index contributed by atoms with van der Waals surface area (Å²) in [6.07, 6.45) is 9.58. The molecule has 0 aliphatic carbocycles. The average Bonchev–Trinajstić information content (AvgIpc) is 3.27. The lowest BCUT2D eigenvalue weighted by Gasteiger charge is -2.14. The molecule has 4 rings (SSSR count). The summed E-state index contributed by atoms with van der Waals surface area (Å²) in [5, 5.41) is 13.1. The number of nitriles is 1. The molecule has 0 aliphatic rings. The molecule has 1 N–H and O–H groups in total. The second kappa shape index (κ2) is 11.5. The monoisotopic (exact) mass is 508 g/mol. The molecule has 9 nitrogen and oxygen atoms in total. The highest BCUT2D eigenvalue weighted by Gasteiger charge is 2.18. The number of anilines is 1. The first-order chi connectivity index (χ1) is 18.2. The first kappa shape index (κ1) is 26.3. The second-order valence-corrected chi connectivity index (χ2v) is 9.06. The highest BCUT2D eigenvalue weighted by Crippen LogP contribution is 2.35. The fourth-order valence-electron chi connectivity index (χ4n) is 4.07. The number of hydrogen-bond acceptors (Lipinski definition) is 7. The topological polar surface area (TPSA) is 113 Å². The SMILES string of the molecule is CC(=O)OC(C)n1cc(-c2cccc(C#N)c2)c2cc(-c3cncc(NC(=O)/C=C/CN(C)C)c3)cnc21. The van der Waals surface area contributed by atoms with E-state index in [0.717, 1.165) is 27.6 Å². The summed E-state index contributed by atoms with van der Waals surface area (Å²) in [6.45, 7) is 3.80. The quantitative estimate of drug-likeness (QED) is 0.269. The Bertz CT molecular complexity index is 1560. The van der Waals surface area contributed by atoms with Crippen LogP contribution in [-0.2, 0) is 14.3 Å². The van der Waals surface area contributed by atoms with Gasteiger partial charge < -0.3 is 15.0 Å². The fourth-order valence-corrected chi connectivity index (χ4v) is 4.07. The van der Waals surface area contributed by atoms with Crippen LogP contribution in [0.1, 0.15) is 25.6 Å². The maximum absolute atomic E-state index is 12.3. The van der Waals surface area contributed by atoms with Crippen molar-refractivity contribution in [2.24, 2.45) is 0 Å². The van der Waals surface area contributed by atoms with E-state index in [1.807, 2.05) is 55.5 Å². The van der Waals surface area contributed by atoms with Crippen molar-refractivity contribution in [3.05, 3.63) is 78.9 Å². The summed E-state index contributed by atoms with van der Waals surface area (Å²) in [6, 6.07) is 13.3. The summed E-state index contributed by atoms with van der Waals surface area (Å²) >= 11 is 0. The predicted octanol–water partition coefficient (Wildman–Crippen LogP) is 4.77. The molecule has 0 fully saturated rings. The maximum Gasteiger partial charge on any atom is 0.304 e. The van der Waals surface area contributed by atoms with Crippen molar-refractivity contribution in [1.29, 1.82) is 5.26 Å². The molecule has 4 aromatic rings. The first-order valence-corrected chi connectivity index (χ1v) is 12.0. The minimum atomic E-state index is -0.581. The third-order valence-corrected chi connectivity index (χ3v) is 5.78. The number of carbonyl (C=O) groups excluding carboxylic acids is 2. The number of pyridine rings is 2. The zero-order chi connectivity index (χ0) is 27.2. The summed E-state index contributed by atoms with van der Waals surface area (Å²) in [5.41, 5.74) is 4.97. The summed E-state index contributed by atoms with van der Waals surface area (Å²) in [4.78, 5) is 34.9. The van der Waals surface area contributed by atoms with E-state index in [9.17, 15) is 14.9 Å². The third-order valence-electron chi connectivity index (χ3n) is 5.78. The molecule has 9 heteroatoms. The number of ether oxygens (including phenoxy) is 1. The Morgan fingerprint density at radius 2 is 1.95 bits per heavy atom. The highest BCUT2D eigenvalue weighted by molar-refractivity contribution is 6.00. The molecule has 3 aromatic heterocycles. The van der Waals surface area contributed by atoms with Crippen molar-refractivity contribution in [3.63, 3.8) is 0 Å². The van der Waals surface area contributed by atoms with Crippen LogP contribution in [0.2, 0.25) is 0 Å². The minimum absolute atomic E-state index is 0.240. The van der Waals surface area contributed by atoms with Gasteiger partial charge >= 0.3 is 5.97 Å². The molecule has 1 unspecified atom stereocenters. The molecule has 1 aromatic carbocycles. The molecule has 0 aliphatic heterocycles. The van der Waals surface area contributed by atoms with Gasteiger partial charge in [-0.1, -0.05) is 18.2 Å². The van der Waals surface area contributed by atoms with E-state index < -0.39 is 12.2 Å². The van der Waals surface area contributed by atoms with E-state index in [-0.39, 0.29) is 5.91 Å². The number of likely N-dealkylation sites (N-methyl/N-ethyl adjacent to an activating group) is 1. The Morgan fingerprint density at radius 1 is 1.16 bits per heavy atom. The minimum Gasteiger partial charge on any atom is -0.442 e. The van der Waals surface area contributed by atoms with Crippen LogP contribution >= 0.6 is 0 Å². The van der Waals surface area contributed by atoms with Crippen molar-refractivity contribution in [2.75, 3.05) is 26.0 Å². The van der Waals surface area contributed by atoms with Crippen LogP contribution < -0.4 is 5.32 Å². The Morgan fingerprint density at radius 3 is 2.68 bits per heavy atom. The molecule has 1 amide bonds. The fraction of sp³-hybridized carbons (Fsp3) is 0.207. The van der Waals surface area contributed by atoms with Gasteiger partial charge in [-0.15, -0.1) is 0 Å². The summed E-state index contributed by atoms with van der Waals surface area (Å²) < 4.78 is 7.22. The lowest BCUT2D eigenvalue weighted by Crippen LogP contribution is -2.13. The van der Waals surface area contributed by atoms with Crippen molar-refractivity contribution in [3.8, 4) is 28.3 Å². The van der Waals surface area contributed by atoms with E-state index >= 15 is 0 Å². The molecule has 0 saturated carbocycles. The highest BCUT2D eigenvalue weighted by atomic mass is 16.6. The Balaban J connectivity index is 1.75. The number of amides is 1. The predicted molar refractivity (Wildman–Crippen MR) is 146 cm³/mol. The number of aromatic nitrogens is 3. The van der Waals surface area contributed by atoms with Crippen molar-refractivity contribution >= 4 is 28.6 Å². The lowest BCUT2D eigenvalue weighted by atomic mass is 10.0. The van der Waals surface area contributed by atoms with E-state index in [1.54, 1.807) is 42.2 Å². The Hall–Kier alpha value is -4.81. The van der Waals surface area contributed by atoms with Gasteiger partial charge in [-0.05, 0) is 50.8 Å². The molecular weight excluding hydrogens is 480 g/mol. The molecule has 0 spiro atoms. The third kappa shape index (κ3) is 6.11. The van der Waals surface area contributed by atoms with Gasteiger partial charge in [-0.2, -0.15) is 5.26 Å². The summed E-state index contributed by atoms with van der Waals surface area (Å²) in [5.74, 6) is -0.638. The van der Waals surface area contributed by atoms with Crippen LogP contribution in [0.25, 0.3) is 33.3 Å². The normalized spacial score (nSPS) is 12.0. The number of rotatable bonds is 8. The molecule has 38 heavy (non-hydrogen) atoms. The number of hydrogen-bond donors (Lipinski definition) is 1. The van der Waals surface area contributed by atoms with Crippen molar-refractivity contribution in [2.45, 2.75) is 20.1 Å². The summed E-state index contributed by atoms with van der Waals surface area (Å²) in [7, 11) is 3.86. The number of fused-ring (bicyclic) bond motifs is 1. The van der Waals surface area contributed by atoms with Crippen molar-refractivity contribution in [1.82, 2.24) is 19.4 Å². The van der Waals surface area contributed by atoms with Crippen LogP contribution in [-0.4, -0.2) is 52.0 Å². The Kier molecular flexibility index (Phi) is 7.94. The zero-order valence-electron chi connectivity index (χ0n) is 21.7. The Labute approximate surface area is 221 Å². The number of nitrogens with zero attached hydrogens (tertiary/aromatic N) is 5. The van der Waals surface area contributed by atoms with Crippen LogP contribution in [0.15, 0.2) is 73.3 Å². The smallest absolute Gasteiger partial charge is 0.304 e. The van der Waals surface area contributed by atoms with Crippen LogP contribution in [0.5, 0.6) is 0 Å². The van der Waals surface area contributed by atoms with Crippen LogP contribution in [0.3, 0.4) is 0 Å². The zero-order valence-corrected chi connectivity index (χ0v) is 21.7. The second-order valence-electron chi connectivity index (χ2n) is 9.06. The van der Waals surface area contributed by atoms with Gasteiger partial charge in [-0.25, -0.2) is 4.98 Å². The average molecular weight is 509 g/mol. The molecule has 0 saturated heterocycles. The number of nitrogens with one attached hydrogen (secondary N) is 1. The number of benzene rings is 1. The van der Waals surface area contributed by atoms with Gasteiger partial charge in [0.15, 0.2) is 6.23 Å². The maximum atomic E-state index is 12.3. The van der Waals surface area contributed by atoms with E-state index in [2.05, 4.69) is 16.4 Å². The standard InChI is InChI=1S/C29H28N6O3/c1-19(38-20(2)36)35-18-27(22-8-5-7-21(11-22)14-30)26-13-24(16-32-29(26)35)23-12-25(17-31-15-23)33-28(37)9-6-10-34(3)4/h5-9,11-13,15-19H,10H2,1-4H3,(H,33,37)/b9-6+. The lowest BCUT2D eigenvalue weighted by molar-refractivity contribution is -0.149. The van der Waals surface area contributed by atoms with E-state index in [4.69, 9.17) is 9.72 Å². The van der Waals surface area contributed by atoms with Crippen LogP contribution in [0, 0.1) is 11.3 Å². The molecule has 1 atom stereocenters. The molecule has 0 bridgehead atoms. The largest absolute Gasteiger partial charge is 0.442 e. The van der Waals surface area contributed by atoms with Gasteiger partial charge in [0.2, 0.25) is 5.91 Å². The molecule has 0 radical (unpaired) electrons. The van der Waals surface area contributed by atoms with Gasteiger partial charge in [-0.3, -0.25) is 19.1 Å². The van der Waals surface area contributed by atoms with E-state index in [1.165, 1.54) is 13.0 Å². The van der Waals surface area contributed by atoms with Crippen LogP contribution in [0.4, 0.5) is 5.69 Å². The molecule has 192 valence electrons. The van der Waals surface area contributed by atoms with E-state index in [0.29, 0.717) is 23.4 Å². The van der Waals surface area contributed by atoms with Crippen molar-refractivity contribution < 1.29 is 14.3 Å². The van der Waals surface area contributed by atoms with Gasteiger partial charge in [0.05, 0.1) is 23.5 Å².